The van der Waals surface area contributed by atoms with E-state index >= 15 is 0 Å². The molecule has 0 aliphatic carbocycles. The molecule has 0 aromatic heterocycles. The van der Waals surface area contributed by atoms with Gasteiger partial charge in [0.25, 0.3) is 0 Å². The highest BCUT2D eigenvalue weighted by Gasteiger charge is 2.26. The second-order valence-electron chi connectivity index (χ2n) is 5.56. The quantitative estimate of drug-likeness (QED) is 0.780. The van der Waals surface area contributed by atoms with Crippen molar-refractivity contribution < 1.29 is 19.4 Å². The summed E-state index contributed by atoms with van der Waals surface area (Å²) < 4.78 is 11.2. The number of rotatable bonds is 6. The van der Waals surface area contributed by atoms with Crippen molar-refractivity contribution in [1.82, 2.24) is 5.32 Å². The molecule has 0 saturated heterocycles. The van der Waals surface area contributed by atoms with Gasteiger partial charge in [-0.05, 0) is 32.9 Å². The molecule has 0 bridgehead atoms. The second-order valence-corrected chi connectivity index (χ2v) is 5.56. The summed E-state index contributed by atoms with van der Waals surface area (Å²) in [5.41, 5.74) is 0.332. The molecule has 2 rings (SSSR count). The number of fused-ring (bicyclic) bond motifs is 1. The predicted octanol–water partition coefficient (Wildman–Crippen LogP) is 2.05. The van der Waals surface area contributed by atoms with E-state index in [1.165, 1.54) is 0 Å². The normalized spacial score (nSPS) is 14.1. The second kappa shape index (κ2) is 6.13. The van der Waals surface area contributed by atoms with Gasteiger partial charge in [0, 0.05) is 12.1 Å². The zero-order chi connectivity index (χ0) is 14.6. The Bertz CT molecular complexity index is 485. The number of carboxylic acid groups (broad SMARTS) is 1. The molecule has 0 atom stereocenters. The third kappa shape index (κ3) is 3.42. The first kappa shape index (κ1) is 14.7. The zero-order valence-electron chi connectivity index (χ0n) is 11.9. The lowest BCUT2D eigenvalue weighted by atomic mass is 9.90. The summed E-state index contributed by atoms with van der Waals surface area (Å²) in [5.74, 6) is 0.804. The van der Waals surface area contributed by atoms with Gasteiger partial charge in [0.15, 0.2) is 11.5 Å². The van der Waals surface area contributed by atoms with Crippen molar-refractivity contribution in [3.8, 4) is 11.5 Å². The van der Waals surface area contributed by atoms with Crippen molar-refractivity contribution in [3.05, 3.63) is 23.8 Å². The van der Waals surface area contributed by atoms with E-state index in [1.807, 2.05) is 18.2 Å². The highest BCUT2D eigenvalue weighted by molar-refractivity contribution is 5.73. The lowest BCUT2D eigenvalue weighted by Crippen LogP contribution is -2.29. The van der Waals surface area contributed by atoms with E-state index in [2.05, 4.69) is 5.32 Å². The smallest absolute Gasteiger partial charge is 0.309 e. The van der Waals surface area contributed by atoms with Crippen LogP contribution in [-0.4, -0.2) is 30.8 Å². The van der Waals surface area contributed by atoms with Crippen LogP contribution >= 0.6 is 0 Å². The van der Waals surface area contributed by atoms with Crippen LogP contribution in [0.25, 0.3) is 0 Å². The minimum absolute atomic E-state index is 0.566. The van der Waals surface area contributed by atoms with E-state index < -0.39 is 11.4 Å². The first-order valence-electron chi connectivity index (χ1n) is 6.82. The number of aliphatic carboxylic acids is 1. The van der Waals surface area contributed by atoms with E-state index in [4.69, 9.17) is 14.6 Å². The van der Waals surface area contributed by atoms with Gasteiger partial charge in [0.05, 0.1) is 5.41 Å². The summed E-state index contributed by atoms with van der Waals surface area (Å²) in [6, 6.07) is 5.82. The van der Waals surface area contributed by atoms with Crippen molar-refractivity contribution in [1.29, 1.82) is 0 Å². The number of ether oxygens (including phenoxy) is 2. The molecule has 0 saturated carbocycles. The fourth-order valence-electron chi connectivity index (χ4n) is 2.00. The van der Waals surface area contributed by atoms with Crippen molar-refractivity contribution >= 4 is 5.97 Å². The molecule has 0 spiro atoms. The Morgan fingerprint density at radius 2 is 2.10 bits per heavy atom. The molecule has 20 heavy (non-hydrogen) atoms. The molecule has 1 aromatic carbocycles. The van der Waals surface area contributed by atoms with E-state index in [0.29, 0.717) is 32.7 Å². The van der Waals surface area contributed by atoms with E-state index in [1.54, 1.807) is 13.8 Å². The number of carbonyl (C=O) groups is 1. The highest BCUT2D eigenvalue weighted by atomic mass is 16.6. The molecule has 110 valence electrons. The van der Waals surface area contributed by atoms with Gasteiger partial charge in [-0.15, -0.1) is 0 Å². The Labute approximate surface area is 118 Å². The maximum atomic E-state index is 11.0. The van der Waals surface area contributed by atoms with Gasteiger partial charge in [-0.25, -0.2) is 0 Å². The third-order valence-electron chi connectivity index (χ3n) is 3.47. The van der Waals surface area contributed by atoms with Crippen LogP contribution in [0.4, 0.5) is 0 Å². The molecule has 5 heteroatoms. The lowest BCUT2D eigenvalue weighted by molar-refractivity contribution is -0.147. The number of hydrogen-bond donors (Lipinski definition) is 2. The van der Waals surface area contributed by atoms with Crippen LogP contribution in [0.15, 0.2) is 18.2 Å². The van der Waals surface area contributed by atoms with Crippen LogP contribution in [0.1, 0.15) is 25.8 Å². The number of hydrogen-bond acceptors (Lipinski definition) is 4. The molecule has 0 fully saturated rings. The first-order chi connectivity index (χ1) is 9.50. The van der Waals surface area contributed by atoms with Gasteiger partial charge in [-0.1, -0.05) is 12.1 Å². The Morgan fingerprint density at radius 3 is 2.85 bits per heavy atom. The van der Waals surface area contributed by atoms with Crippen LogP contribution in [0.5, 0.6) is 11.5 Å². The number of benzene rings is 1. The maximum absolute atomic E-state index is 11.0. The van der Waals surface area contributed by atoms with Crippen LogP contribution in [-0.2, 0) is 11.3 Å². The molecular weight excluding hydrogens is 258 g/mol. The SMILES string of the molecule is CC(C)(CCNCc1cccc2c1OCCO2)C(=O)O. The Morgan fingerprint density at radius 1 is 1.35 bits per heavy atom. The Balaban J connectivity index is 1.87. The average molecular weight is 279 g/mol. The molecule has 1 aliphatic heterocycles. The summed E-state index contributed by atoms with van der Waals surface area (Å²) in [5, 5.41) is 12.3. The highest BCUT2D eigenvalue weighted by Crippen LogP contribution is 2.33. The molecule has 0 unspecified atom stereocenters. The number of para-hydroxylation sites is 1. The van der Waals surface area contributed by atoms with Gasteiger partial charge in [0.2, 0.25) is 0 Å². The summed E-state index contributed by atoms with van der Waals surface area (Å²) in [4.78, 5) is 11.0. The predicted molar refractivity (Wildman–Crippen MR) is 75.2 cm³/mol. The van der Waals surface area contributed by atoms with Gasteiger partial charge in [0.1, 0.15) is 13.2 Å². The zero-order valence-corrected chi connectivity index (χ0v) is 11.9. The van der Waals surface area contributed by atoms with Crippen LogP contribution in [0.2, 0.25) is 0 Å². The molecule has 0 amide bonds. The monoisotopic (exact) mass is 279 g/mol. The van der Waals surface area contributed by atoms with Gasteiger partial charge in [-0.3, -0.25) is 4.79 Å². The summed E-state index contributed by atoms with van der Waals surface area (Å²) in [6.45, 7) is 5.90. The molecule has 1 aromatic rings. The molecule has 5 nitrogen and oxygen atoms in total. The summed E-state index contributed by atoms with van der Waals surface area (Å²) in [7, 11) is 0. The van der Waals surface area contributed by atoms with E-state index in [0.717, 1.165) is 17.1 Å². The van der Waals surface area contributed by atoms with Gasteiger partial charge < -0.3 is 19.9 Å². The summed E-state index contributed by atoms with van der Waals surface area (Å²) >= 11 is 0. The minimum Gasteiger partial charge on any atom is -0.486 e. The number of carboxylic acids is 1. The first-order valence-corrected chi connectivity index (χ1v) is 6.82. The molecular formula is C15H21NO4. The average Bonchev–Trinajstić information content (AvgIpc) is 2.43. The lowest BCUT2D eigenvalue weighted by Gasteiger charge is -2.22. The van der Waals surface area contributed by atoms with Crippen LogP contribution < -0.4 is 14.8 Å². The molecule has 0 radical (unpaired) electrons. The topological polar surface area (TPSA) is 67.8 Å². The molecule has 1 heterocycles. The fourth-order valence-corrected chi connectivity index (χ4v) is 2.00. The Kier molecular flexibility index (Phi) is 4.49. The van der Waals surface area contributed by atoms with Crippen molar-refractivity contribution in [2.75, 3.05) is 19.8 Å². The maximum Gasteiger partial charge on any atom is 0.309 e. The van der Waals surface area contributed by atoms with Crippen LogP contribution in [0, 0.1) is 5.41 Å². The minimum atomic E-state index is -0.770. The van der Waals surface area contributed by atoms with Crippen LogP contribution in [0.3, 0.4) is 0 Å². The van der Waals surface area contributed by atoms with Gasteiger partial charge >= 0.3 is 5.97 Å². The molecule has 1 aliphatic rings. The summed E-state index contributed by atoms with van der Waals surface area (Å²) in [6.07, 6.45) is 0.578. The van der Waals surface area contributed by atoms with Crippen molar-refractivity contribution in [2.45, 2.75) is 26.8 Å². The largest absolute Gasteiger partial charge is 0.486 e. The fraction of sp³-hybridized carbons (Fsp3) is 0.533. The standard InChI is InChI=1S/C15H21NO4/c1-15(2,14(17)18)6-7-16-10-11-4-3-5-12-13(11)20-9-8-19-12/h3-5,16H,6-10H2,1-2H3,(H,17,18). The third-order valence-corrected chi connectivity index (χ3v) is 3.47. The Hall–Kier alpha value is -1.75. The van der Waals surface area contributed by atoms with Crippen molar-refractivity contribution in [2.24, 2.45) is 5.41 Å². The van der Waals surface area contributed by atoms with E-state index in [-0.39, 0.29) is 0 Å². The van der Waals surface area contributed by atoms with Gasteiger partial charge in [-0.2, -0.15) is 0 Å². The number of nitrogens with one attached hydrogen (secondary N) is 1. The van der Waals surface area contributed by atoms with E-state index in [9.17, 15) is 4.79 Å². The van der Waals surface area contributed by atoms with Crippen molar-refractivity contribution in [3.63, 3.8) is 0 Å². The molecule has 2 N–H and O–H groups in total.